The van der Waals surface area contributed by atoms with E-state index in [0.29, 0.717) is 18.6 Å². The van der Waals surface area contributed by atoms with Crippen LogP contribution in [0.2, 0.25) is 0 Å². The topological polar surface area (TPSA) is 21.7 Å². The molecule has 1 aliphatic rings. The average Bonchev–Trinajstić information content (AvgIpc) is 3.23. The van der Waals surface area contributed by atoms with Crippen LogP contribution in [0.5, 0.6) is 11.5 Å². The number of hydrogen-bond acceptors (Lipinski definition) is 3. The highest BCUT2D eigenvalue weighted by atomic mass is 19.1. The fourth-order valence-corrected chi connectivity index (χ4v) is 4.27. The number of nitrogens with zero attached hydrogens (tertiary/aromatic N) is 1. The van der Waals surface area contributed by atoms with Crippen molar-refractivity contribution in [2.75, 3.05) is 33.4 Å². The number of likely N-dealkylation sites (tertiary alicyclic amines) is 1. The first kappa shape index (κ1) is 24.5. The molecule has 0 N–H and O–H groups in total. The van der Waals surface area contributed by atoms with Crippen LogP contribution in [0.3, 0.4) is 0 Å². The Morgan fingerprint density at radius 3 is 2.19 bits per heavy atom. The van der Waals surface area contributed by atoms with Gasteiger partial charge in [-0.1, -0.05) is 46.8 Å². The van der Waals surface area contributed by atoms with Crippen LogP contribution in [0.1, 0.15) is 64.2 Å². The molecule has 0 saturated carbocycles. The molecule has 3 nitrogen and oxygen atoms in total. The van der Waals surface area contributed by atoms with Crippen molar-refractivity contribution >= 4 is 0 Å². The monoisotopic (exact) mass is 445 g/mol. The van der Waals surface area contributed by atoms with Crippen LogP contribution in [0, 0.1) is 11.6 Å². The molecule has 1 aliphatic heterocycles. The predicted octanol–water partition coefficient (Wildman–Crippen LogP) is 6.27. The van der Waals surface area contributed by atoms with Crippen molar-refractivity contribution < 1.29 is 18.3 Å². The summed E-state index contributed by atoms with van der Waals surface area (Å²) in [6.45, 7) is 13.8. The maximum absolute atomic E-state index is 15.1. The minimum absolute atomic E-state index is 0.133. The lowest BCUT2D eigenvalue weighted by molar-refractivity contribution is 0.230. The summed E-state index contributed by atoms with van der Waals surface area (Å²) in [7, 11) is 1.49. The smallest absolute Gasteiger partial charge is 0.168 e. The second-order valence-corrected chi connectivity index (χ2v) is 10.5. The molecule has 2 aromatic carbocycles. The van der Waals surface area contributed by atoms with Crippen molar-refractivity contribution in [3.63, 3.8) is 0 Å². The van der Waals surface area contributed by atoms with Crippen molar-refractivity contribution in [1.82, 2.24) is 4.90 Å². The van der Waals surface area contributed by atoms with E-state index in [1.54, 1.807) is 18.2 Å². The van der Waals surface area contributed by atoms with Crippen molar-refractivity contribution in [2.45, 2.75) is 64.7 Å². The first-order valence-electron chi connectivity index (χ1n) is 11.5. The largest absolute Gasteiger partial charge is 0.494 e. The van der Waals surface area contributed by atoms with Gasteiger partial charge in [-0.2, -0.15) is 0 Å². The molecule has 1 heterocycles. The Labute approximate surface area is 191 Å². The highest BCUT2D eigenvalue weighted by Crippen LogP contribution is 2.36. The van der Waals surface area contributed by atoms with Crippen LogP contribution in [0.15, 0.2) is 30.3 Å². The zero-order chi connectivity index (χ0) is 23.5. The van der Waals surface area contributed by atoms with Gasteiger partial charge in [0.05, 0.1) is 7.11 Å². The van der Waals surface area contributed by atoms with Crippen molar-refractivity contribution in [3.05, 3.63) is 58.7 Å². The van der Waals surface area contributed by atoms with Crippen molar-refractivity contribution in [3.8, 4) is 11.5 Å². The molecular formula is C27H37F2NO2. The van der Waals surface area contributed by atoms with Crippen LogP contribution >= 0.6 is 0 Å². The van der Waals surface area contributed by atoms with E-state index in [2.05, 4.69) is 25.7 Å². The molecule has 2 aromatic rings. The van der Waals surface area contributed by atoms with E-state index in [9.17, 15) is 4.39 Å². The summed E-state index contributed by atoms with van der Waals surface area (Å²) in [5, 5.41) is 0. The predicted molar refractivity (Wildman–Crippen MR) is 126 cm³/mol. The molecule has 0 radical (unpaired) electrons. The molecule has 1 fully saturated rings. The zero-order valence-electron chi connectivity index (χ0n) is 20.4. The second kappa shape index (κ2) is 9.78. The molecule has 0 aromatic heterocycles. The molecule has 0 amide bonds. The van der Waals surface area contributed by atoms with E-state index in [-0.39, 0.29) is 28.5 Å². The zero-order valence-corrected chi connectivity index (χ0v) is 20.4. The van der Waals surface area contributed by atoms with Gasteiger partial charge in [-0.3, -0.25) is 4.90 Å². The van der Waals surface area contributed by atoms with Gasteiger partial charge in [0.25, 0.3) is 0 Å². The number of rotatable bonds is 8. The Balaban J connectivity index is 1.81. The lowest BCUT2D eigenvalue weighted by Crippen LogP contribution is -2.25. The van der Waals surface area contributed by atoms with Crippen LogP contribution < -0.4 is 9.47 Å². The fraction of sp³-hybridized carbons (Fsp3) is 0.556. The lowest BCUT2D eigenvalue weighted by Gasteiger charge is -2.28. The van der Waals surface area contributed by atoms with Crippen LogP contribution in [-0.2, 0) is 17.3 Å². The molecule has 5 heteroatoms. The second-order valence-electron chi connectivity index (χ2n) is 10.5. The van der Waals surface area contributed by atoms with Gasteiger partial charge >= 0.3 is 0 Å². The summed E-state index contributed by atoms with van der Waals surface area (Å²) in [6, 6.07) is 8.69. The average molecular weight is 446 g/mol. The van der Waals surface area contributed by atoms with Gasteiger partial charge in [-0.15, -0.1) is 0 Å². The Kier molecular flexibility index (Phi) is 7.49. The number of benzene rings is 2. The molecule has 3 rings (SSSR count). The Morgan fingerprint density at radius 2 is 1.56 bits per heavy atom. The maximum atomic E-state index is 15.1. The van der Waals surface area contributed by atoms with Crippen LogP contribution in [0.25, 0.3) is 0 Å². The normalized spacial score (nSPS) is 15.2. The first-order chi connectivity index (χ1) is 15.0. The highest BCUT2D eigenvalue weighted by molar-refractivity contribution is 5.42. The standard InChI is InChI=1S/C27H37F2NO2/c1-26(2,3)21-15-19(25(29)24(17-21)31-6)18-27(4,5)20-9-10-22(28)23(16-20)32-14-13-30-11-7-8-12-30/h9-10,15-17H,7-8,11-14,18H2,1-6H3. The van der Waals surface area contributed by atoms with Crippen molar-refractivity contribution in [2.24, 2.45) is 0 Å². The molecule has 1 saturated heterocycles. The van der Waals surface area contributed by atoms with Gasteiger partial charge in [0.1, 0.15) is 6.61 Å². The summed E-state index contributed by atoms with van der Waals surface area (Å²) in [5.74, 6) is -0.184. The maximum Gasteiger partial charge on any atom is 0.168 e. The summed E-state index contributed by atoms with van der Waals surface area (Å²) in [6.07, 6.45) is 2.89. The summed E-state index contributed by atoms with van der Waals surface area (Å²) in [5.41, 5.74) is 1.97. The fourth-order valence-electron chi connectivity index (χ4n) is 4.27. The molecule has 0 spiro atoms. The molecule has 0 bridgehead atoms. The van der Waals surface area contributed by atoms with E-state index in [1.807, 2.05) is 19.9 Å². The Bertz CT molecular complexity index is 928. The molecule has 32 heavy (non-hydrogen) atoms. The third-order valence-corrected chi connectivity index (χ3v) is 6.41. The number of hydrogen-bond donors (Lipinski definition) is 0. The molecule has 0 unspecified atom stereocenters. The molecule has 0 atom stereocenters. The van der Waals surface area contributed by atoms with E-state index in [4.69, 9.17) is 9.47 Å². The van der Waals surface area contributed by atoms with E-state index in [0.717, 1.165) is 30.8 Å². The first-order valence-corrected chi connectivity index (χ1v) is 11.5. The molecule has 176 valence electrons. The number of methoxy groups -OCH3 is 1. The van der Waals surface area contributed by atoms with E-state index < -0.39 is 5.41 Å². The summed E-state index contributed by atoms with van der Waals surface area (Å²) < 4.78 is 40.7. The third-order valence-electron chi connectivity index (χ3n) is 6.41. The van der Waals surface area contributed by atoms with E-state index >= 15 is 4.39 Å². The van der Waals surface area contributed by atoms with Gasteiger partial charge in [0.15, 0.2) is 23.1 Å². The molecular weight excluding hydrogens is 408 g/mol. The van der Waals surface area contributed by atoms with Crippen LogP contribution in [0.4, 0.5) is 8.78 Å². The summed E-state index contributed by atoms with van der Waals surface area (Å²) >= 11 is 0. The van der Waals surface area contributed by atoms with E-state index in [1.165, 1.54) is 26.0 Å². The SMILES string of the molecule is COc1cc(C(C)(C)C)cc(CC(C)(C)c2ccc(F)c(OCCN3CCCC3)c2)c1F. The summed E-state index contributed by atoms with van der Waals surface area (Å²) in [4.78, 5) is 2.34. The Hall–Kier alpha value is -2.14. The highest BCUT2D eigenvalue weighted by Gasteiger charge is 2.27. The van der Waals surface area contributed by atoms with Gasteiger partial charge in [-0.05, 0) is 78.1 Å². The Morgan fingerprint density at radius 1 is 0.906 bits per heavy atom. The van der Waals surface area contributed by atoms with Gasteiger partial charge in [0.2, 0.25) is 0 Å². The minimum Gasteiger partial charge on any atom is -0.494 e. The van der Waals surface area contributed by atoms with Gasteiger partial charge in [-0.25, -0.2) is 8.78 Å². The number of ether oxygens (including phenoxy) is 2. The quantitative estimate of drug-likeness (QED) is 0.478. The van der Waals surface area contributed by atoms with Crippen molar-refractivity contribution in [1.29, 1.82) is 0 Å². The van der Waals surface area contributed by atoms with Gasteiger partial charge in [0, 0.05) is 6.54 Å². The number of halogens is 2. The van der Waals surface area contributed by atoms with Crippen LogP contribution in [-0.4, -0.2) is 38.3 Å². The minimum atomic E-state index is -0.427. The van der Waals surface area contributed by atoms with Gasteiger partial charge < -0.3 is 9.47 Å². The lowest BCUT2D eigenvalue weighted by atomic mass is 9.77. The molecule has 0 aliphatic carbocycles. The third kappa shape index (κ3) is 5.80.